The summed E-state index contributed by atoms with van der Waals surface area (Å²) in [4.78, 5) is 12.3. The molecule has 23 heavy (non-hydrogen) atoms. The van der Waals surface area contributed by atoms with Gasteiger partial charge in [0.1, 0.15) is 0 Å². The standard InChI is InChI=1S/C20H19NOS/c1-15(23-14-16-7-3-2-4-8-16)20(22)21-19-12-11-17-9-5-6-10-18(17)13-19/h2-13,15H,14H2,1H3,(H,21,22)/t15-/m1/s1. The number of carbonyl (C=O) groups excluding carboxylic acids is 1. The topological polar surface area (TPSA) is 29.1 Å². The Morgan fingerprint density at radius 2 is 1.65 bits per heavy atom. The van der Waals surface area contributed by atoms with E-state index in [2.05, 4.69) is 29.6 Å². The summed E-state index contributed by atoms with van der Waals surface area (Å²) in [6, 6.07) is 24.4. The molecule has 2 nitrogen and oxygen atoms in total. The van der Waals surface area contributed by atoms with Crippen molar-refractivity contribution >= 4 is 34.1 Å². The highest BCUT2D eigenvalue weighted by molar-refractivity contribution is 7.99. The minimum absolute atomic E-state index is 0.0428. The number of thioether (sulfide) groups is 1. The van der Waals surface area contributed by atoms with Crippen molar-refractivity contribution < 1.29 is 4.79 Å². The molecular formula is C20H19NOS. The Morgan fingerprint density at radius 3 is 2.43 bits per heavy atom. The second-order valence-corrected chi connectivity index (χ2v) is 6.82. The van der Waals surface area contributed by atoms with Gasteiger partial charge in [-0.1, -0.05) is 60.7 Å². The molecule has 0 saturated heterocycles. The van der Waals surface area contributed by atoms with Gasteiger partial charge in [-0.2, -0.15) is 0 Å². The molecule has 1 amide bonds. The average molecular weight is 321 g/mol. The summed E-state index contributed by atoms with van der Waals surface area (Å²) in [5.41, 5.74) is 2.09. The quantitative estimate of drug-likeness (QED) is 0.708. The Bertz CT molecular complexity index is 801. The number of anilines is 1. The van der Waals surface area contributed by atoms with E-state index in [4.69, 9.17) is 0 Å². The first-order chi connectivity index (χ1) is 11.2. The van der Waals surface area contributed by atoms with E-state index >= 15 is 0 Å². The van der Waals surface area contributed by atoms with E-state index in [-0.39, 0.29) is 11.2 Å². The Kier molecular flexibility index (Phi) is 4.99. The summed E-state index contributed by atoms with van der Waals surface area (Å²) in [5.74, 6) is 0.883. The number of carbonyl (C=O) groups is 1. The molecule has 0 heterocycles. The third-order valence-corrected chi connectivity index (χ3v) is 4.94. The van der Waals surface area contributed by atoms with E-state index in [0.29, 0.717) is 0 Å². The highest BCUT2D eigenvalue weighted by Crippen LogP contribution is 2.22. The van der Waals surface area contributed by atoms with E-state index in [1.807, 2.05) is 55.5 Å². The van der Waals surface area contributed by atoms with Crippen LogP contribution in [0.1, 0.15) is 12.5 Å². The van der Waals surface area contributed by atoms with Gasteiger partial charge < -0.3 is 5.32 Å². The summed E-state index contributed by atoms with van der Waals surface area (Å²) in [6.07, 6.45) is 0. The minimum Gasteiger partial charge on any atom is -0.325 e. The number of hydrogen-bond donors (Lipinski definition) is 1. The fraction of sp³-hybridized carbons (Fsp3) is 0.150. The Morgan fingerprint density at radius 1 is 0.957 bits per heavy atom. The lowest BCUT2D eigenvalue weighted by molar-refractivity contribution is -0.115. The molecule has 116 valence electrons. The van der Waals surface area contributed by atoms with E-state index in [9.17, 15) is 4.79 Å². The smallest absolute Gasteiger partial charge is 0.237 e. The maximum absolute atomic E-state index is 12.3. The molecule has 3 aromatic rings. The van der Waals surface area contributed by atoms with Crippen molar-refractivity contribution in [3.63, 3.8) is 0 Å². The molecule has 3 aromatic carbocycles. The van der Waals surface area contributed by atoms with Crippen LogP contribution in [0.4, 0.5) is 5.69 Å². The van der Waals surface area contributed by atoms with Gasteiger partial charge in [-0.15, -0.1) is 11.8 Å². The molecule has 0 radical (unpaired) electrons. The third kappa shape index (κ3) is 4.14. The number of benzene rings is 3. The Hall–Kier alpha value is -2.26. The molecule has 0 saturated carbocycles. The van der Waals surface area contributed by atoms with Crippen molar-refractivity contribution in [1.82, 2.24) is 0 Å². The summed E-state index contributed by atoms with van der Waals surface area (Å²) in [7, 11) is 0. The van der Waals surface area contributed by atoms with E-state index in [1.54, 1.807) is 11.8 Å². The van der Waals surface area contributed by atoms with Crippen LogP contribution in [0.15, 0.2) is 72.8 Å². The van der Waals surface area contributed by atoms with Gasteiger partial charge in [0.25, 0.3) is 0 Å². The molecule has 3 rings (SSSR count). The fourth-order valence-electron chi connectivity index (χ4n) is 2.38. The van der Waals surface area contributed by atoms with Crippen LogP contribution in [0.25, 0.3) is 10.8 Å². The predicted octanol–water partition coefficient (Wildman–Crippen LogP) is 5.10. The van der Waals surface area contributed by atoms with Gasteiger partial charge in [-0.05, 0) is 35.4 Å². The molecule has 3 heteroatoms. The Balaban J connectivity index is 1.60. The average Bonchev–Trinajstić information content (AvgIpc) is 2.60. The molecule has 0 aliphatic carbocycles. The second-order valence-electron chi connectivity index (χ2n) is 5.49. The summed E-state index contributed by atoms with van der Waals surface area (Å²) in [5, 5.41) is 5.23. The van der Waals surface area contributed by atoms with Crippen molar-refractivity contribution in [2.45, 2.75) is 17.9 Å². The first-order valence-electron chi connectivity index (χ1n) is 7.67. The lowest BCUT2D eigenvalue weighted by atomic mass is 10.1. The normalized spacial score (nSPS) is 12.0. The largest absolute Gasteiger partial charge is 0.325 e. The van der Waals surface area contributed by atoms with Crippen molar-refractivity contribution in [3.05, 3.63) is 78.4 Å². The summed E-state index contributed by atoms with van der Waals surface area (Å²) in [6.45, 7) is 1.95. The molecular weight excluding hydrogens is 302 g/mol. The van der Waals surface area contributed by atoms with Crippen LogP contribution in [0.5, 0.6) is 0 Å². The maximum atomic E-state index is 12.3. The van der Waals surface area contributed by atoms with E-state index in [1.165, 1.54) is 10.9 Å². The zero-order valence-electron chi connectivity index (χ0n) is 13.0. The highest BCUT2D eigenvalue weighted by Gasteiger charge is 2.13. The maximum Gasteiger partial charge on any atom is 0.237 e. The molecule has 0 spiro atoms. The van der Waals surface area contributed by atoms with Crippen LogP contribution in [0, 0.1) is 0 Å². The molecule has 0 aliphatic heterocycles. The number of amides is 1. The first-order valence-corrected chi connectivity index (χ1v) is 8.72. The van der Waals surface area contributed by atoms with Gasteiger partial charge in [-0.25, -0.2) is 0 Å². The first kappa shape index (κ1) is 15.6. The van der Waals surface area contributed by atoms with Crippen LogP contribution in [0.2, 0.25) is 0 Å². The molecule has 0 bridgehead atoms. The van der Waals surface area contributed by atoms with Gasteiger partial charge >= 0.3 is 0 Å². The molecule has 0 fully saturated rings. The number of hydrogen-bond acceptors (Lipinski definition) is 2. The second kappa shape index (κ2) is 7.34. The van der Waals surface area contributed by atoms with E-state index in [0.717, 1.165) is 16.8 Å². The van der Waals surface area contributed by atoms with E-state index < -0.39 is 0 Å². The van der Waals surface area contributed by atoms with Crippen LogP contribution < -0.4 is 5.32 Å². The van der Waals surface area contributed by atoms with Gasteiger partial charge in [0.15, 0.2) is 0 Å². The summed E-state index contributed by atoms with van der Waals surface area (Å²) < 4.78 is 0. The van der Waals surface area contributed by atoms with Crippen LogP contribution >= 0.6 is 11.8 Å². The SMILES string of the molecule is C[C@@H](SCc1ccccc1)C(=O)Nc1ccc2ccccc2c1. The van der Waals surface area contributed by atoms with Crippen molar-refractivity contribution in [3.8, 4) is 0 Å². The lowest BCUT2D eigenvalue weighted by Crippen LogP contribution is -2.22. The van der Waals surface area contributed by atoms with Crippen molar-refractivity contribution in [1.29, 1.82) is 0 Å². The van der Waals surface area contributed by atoms with Crippen LogP contribution in [-0.2, 0) is 10.5 Å². The predicted molar refractivity (Wildman–Crippen MR) is 99.8 cm³/mol. The van der Waals surface area contributed by atoms with Crippen molar-refractivity contribution in [2.75, 3.05) is 5.32 Å². The molecule has 1 atom stereocenters. The zero-order chi connectivity index (χ0) is 16.1. The zero-order valence-corrected chi connectivity index (χ0v) is 13.8. The molecule has 0 aromatic heterocycles. The number of nitrogens with one attached hydrogen (secondary N) is 1. The number of fused-ring (bicyclic) bond motifs is 1. The van der Waals surface area contributed by atoms with Gasteiger partial charge in [0.2, 0.25) is 5.91 Å². The van der Waals surface area contributed by atoms with Gasteiger partial charge in [-0.3, -0.25) is 4.79 Å². The highest BCUT2D eigenvalue weighted by atomic mass is 32.2. The molecule has 1 N–H and O–H groups in total. The molecule has 0 unspecified atom stereocenters. The molecule has 0 aliphatic rings. The third-order valence-electron chi connectivity index (χ3n) is 3.73. The Labute approximate surface area is 140 Å². The summed E-state index contributed by atoms with van der Waals surface area (Å²) >= 11 is 1.65. The van der Waals surface area contributed by atoms with Gasteiger partial charge in [0, 0.05) is 11.4 Å². The number of rotatable bonds is 5. The van der Waals surface area contributed by atoms with Gasteiger partial charge in [0.05, 0.1) is 5.25 Å². The lowest BCUT2D eigenvalue weighted by Gasteiger charge is -2.12. The van der Waals surface area contributed by atoms with Crippen molar-refractivity contribution in [2.24, 2.45) is 0 Å². The minimum atomic E-state index is -0.0957. The fourth-order valence-corrected chi connectivity index (χ4v) is 3.23. The van der Waals surface area contributed by atoms with Crippen LogP contribution in [-0.4, -0.2) is 11.2 Å². The van der Waals surface area contributed by atoms with Crippen LogP contribution in [0.3, 0.4) is 0 Å². The monoisotopic (exact) mass is 321 g/mol.